The molecule has 0 fully saturated rings. The zero-order chi connectivity index (χ0) is 22.3. The van der Waals surface area contributed by atoms with E-state index in [2.05, 4.69) is 15.5 Å². The maximum atomic E-state index is 12.5. The number of nitrogens with zero attached hydrogens (tertiary/aromatic N) is 2. The summed E-state index contributed by atoms with van der Waals surface area (Å²) >= 11 is 0. The normalized spacial score (nSPS) is 10.4. The third kappa shape index (κ3) is 4.70. The van der Waals surface area contributed by atoms with Crippen molar-refractivity contribution in [1.82, 2.24) is 10.1 Å². The Morgan fingerprint density at radius 2 is 1.72 bits per heavy atom. The van der Waals surface area contributed by atoms with E-state index in [1.807, 2.05) is 36.4 Å². The molecule has 0 saturated heterocycles. The summed E-state index contributed by atoms with van der Waals surface area (Å²) in [5.41, 5.74) is 1.95. The largest absolute Gasteiger partial charge is 0.497 e. The Labute approximate surface area is 184 Å². The highest BCUT2D eigenvalue weighted by Crippen LogP contribution is 2.31. The zero-order valence-electron chi connectivity index (χ0n) is 17.6. The quantitative estimate of drug-likeness (QED) is 0.441. The van der Waals surface area contributed by atoms with Gasteiger partial charge < -0.3 is 24.1 Å². The van der Waals surface area contributed by atoms with Crippen LogP contribution in [0.2, 0.25) is 0 Å². The zero-order valence-corrected chi connectivity index (χ0v) is 17.6. The molecule has 0 atom stereocenters. The van der Waals surface area contributed by atoms with Crippen LogP contribution in [0.1, 0.15) is 0 Å². The number of methoxy groups -OCH3 is 2. The van der Waals surface area contributed by atoms with Gasteiger partial charge in [0, 0.05) is 11.6 Å². The van der Waals surface area contributed by atoms with Crippen molar-refractivity contribution in [3.63, 3.8) is 0 Å². The summed E-state index contributed by atoms with van der Waals surface area (Å²) in [6.07, 6.45) is 0. The molecule has 0 spiro atoms. The predicted molar refractivity (Wildman–Crippen MR) is 119 cm³/mol. The Hall–Kier alpha value is -4.33. The first-order chi connectivity index (χ1) is 15.7. The van der Waals surface area contributed by atoms with Crippen LogP contribution < -0.4 is 19.5 Å². The van der Waals surface area contributed by atoms with Gasteiger partial charge in [-0.3, -0.25) is 4.79 Å². The number of amides is 1. The Balaban J connectivity index is 1.46. The third-order valence-corrected chi connectivity index (χ3v) is 4.62. The van der Waals surface area contributed by atoms with E-state index in [-0.39, 0.29) is 12.5 Å². The van der Waals surface area contributed by atoms with Crippen molar-refractivity contribution < 1.29 is 23.5 Å². The molecule has 0 saturated carbocycles. The lowest BCUT2D eigenvalue weighted by atomic mass is 10.2. The monoisotopic (exact) mass is 431 g/mol. The second-order valence-corrected chi connectivity index (χ2v) is 6.69. The molecule has 32 heavy (non-hydrogen) atoms. The van der Waals surface area contributed by atoms with E-state index in [9.17, 15) is 4.79 Å². The molecule has 1 N–H and O–H groups in total. The van der Waals surface area contributed by atoms with E-state index in [1.165, 1.54) is 7.11 Å². The first kappa shape index (κ1) is 20.9. The molecule has 3 aromatic carbocycles. The molecule has 8 heteroatoms. The molecule has 0 bridgehead atoms. The van der Waals surface area contributed by atoms with E-state index in [0.717, 1.165) is 5.56 Å². The highest BCUT2D eigenvalue weighted by atomic mass is 16.5. The summed E-state index contributed by atoms with van der Waals surface area (Å²) < 4.78 is 21.7. The van der Waals surface area contributed by atoms with Crippen molar-refractivity contribution in [1.29, 1.82) is 0 Å². The lowest BCUT2D eigenvalue weighted by Crippen LogP contribution is -2.20. The average Bonchev–Trinajstić information content (AvgIpc) is 3.34. The minimum Gasteiger partial charge on any atom is -0.497 e. The van der Waals surface area contributed by atoms with Crippen LogP contribution in [0.3, 0.4) is 0 Å². The number of rotatable bonds is 8. The van der Waals surface area contributed by atoms with E-state index in [1.54, 1.807) is 43.5 Å². The molecular weight excluding hydrogens is 410 g/mol. The Morgan fingerprint density at radius 1 is 0.938 bits per heavy atom. The predicted octanol–water partition coefficient (Wildman–Crippen LogP) is 4.44. The van der Waals surface area contributed by atoms with Crippen LogP contribution in [0.25, 0.3) is 22.8 Å². The summed E-state index contributed by atoms with van der Waals surface area (Å²) in [4.78, 5) is 16.9. The number of carbonyl (C=O) groups is 1. The van der Waals surface area contributed by atoms with Crippen LogP contribution in [0, 0.1) is 0 Å². The van der Waals surface area contributed by atoms with Gasteiger partial charge in [0.25, 0.3) is 11.8 Å². The Bertz CT molecular complexity index is 1210. The number of hydrogen-bond donors (Lipinski definition) is 1. The number of hydrogen-bond acceptors (Lipinski definition) is 7. The molecule has 4 rings (SSSR count). The van der Waals surface area contributed by atoms with Gasteiger partial charge in [-0.15, -0.1) is 0 Å². The van der Waals surface area contributed by atoms with Crippen molar-refractivity contribution >= 4 is 11.6 Å². The van der Waals surface area contributed by atoms with Crippen LogP contribution in [-0.2, 0) is 4.79 Å². The minimum absolute atomic E-state index is 0.216. The summed E-state index contributed by atoms with van der Waals surface area (Å²) in [6.45, 7) is -0.216. The molecule has 1 aromatic heterocycles. The molecule has 1 heterocycles. The Kier molecular flexibility index (Phi) is 6.31. The van der Waals surface area contributed by atoms with Crippen LogP contribution in [0.5, 0.6) is 17.2 Å². The standard InChI is InChI=1S/C24H21N3O5/c1-29-17-12-13-19(21(14-17)30-2)25-22(28)15-31-20-11-7-6-10-18(20)24-26-23(27-32-24)16-8-4-3-5-9-16/h3-14H,15H2,1-2H3,(H,25,28). The molecule has 0 aliphatic rings. The smallest absolute Gasteiger partial charge is 0.262 e. The van der Waals surface area contributed by atoms with Crippen molar-refractivity contribution in [2.75, 3.05) is 26.1 Å². The molecular formula is C24H21N3O5. The Morgan fingerprint density at radius 3 is 2.50 bits per heavy atom. The van der Waals surface area contributed by atoms with Crippen molar-refractivity contribution in [3.8, 4) is 40.1 Å². The lowest BCUT2D eigenvalue weighted by molar-refractivity contribution is -0.118. The van der Waals surface area contributed by atoms with Gasteiger partial charge in [0.1, 0.15) is 17.2 Å². The number of para-hydroxylation sites is 1. The average molecular weight is 431 g/mol. The fourth-order valence-electron chi connectivity index (χ4n) is 3.04. The van der Waals surface area contributed by atoms with E-state index in [0.29, 0.717) is 40.2 Å². The molecule has 4 aromatic rings. The first-order valence-corrected chi connectivity index (χ1v) is 9.81. The fraction of sp³-hybridized carbons (Fsp3) is 0.125. The second kappa shape index (κ2) is 9.65. The summed E-state index contributed by atoms with van der Waals surface area (Å²) in [5.74, 6) is 1.99. The van der Waals surface area contributed by atoms with Gasteiger partial charge in [-0.05, 0) is 24.3 Å². The van der Waals surface area contributed by atoms with Crippen LogP contribution >= 0.6 is 0 Å². The number of carbonyl (C=O) groups excluding carboxylic acids is 1. The molecule has 0 radical (unpaired) electrons. The van der Waals surface area contributed by atoms with E-state index < -0.39 is 0 Å². The number of benzene rings is 3. The molecule has 162 valence electrons. The van der Waals surface area contributed by atoms with Gasteiger partial charge in [-0.1, -0.05) is 47.6 Å². The van der Waals surface area contributed by atoms with Gasteiger partial charge in [0.2, 0.25) is 5.82 Å². The molecule has 0 aliphatic heterocycles. The van der Waals surface area contributed by atoms with Gasteiger partial charge in [0.15, 0.2) is 6.61 Å². The second-order valence-electron chi connectivity index (χ2n) is 6.69. The molecule has 0 aliphatic carbocycles. The number of ether oxygens (including phenoxy) is 3. The van der Waals surface area contributed by atoms with Crippen LogP contribution in [-0.4, -0.2) is 36.9 Å². The van der Waals surface area contributed by atoms with Crippen molar-refractivity contribution in [2.24, 2.45) is 0 Å². The van der Waals surface area contributed by atoms with Crippen LogP contribution in [0.4, 0.5) is 5.69 Å². The number of nitrogens with one attached hydrogen (secondary N) is 1. The van der Waals surface area contributed by atoms with Gasteiger partial charge in [0.05, 0.1) is 25.5 Å². The first-order valence-electron chi connectivity index (χ1n) is 9.81. The fourth-order valence-corrected chi connectivity index (χ4v) is 3.04. The molecule has 0 unspecified atom stereocenters. The summed E-state index contributed by atoms with van der Waals surface area (Å²) in [5, 5.41) is 6.82. The number of anilines is 1. The summed E-state index contributed by atoms with van der Waals surface area (Å²) in [6, 6.07) is 21.8. The number of aromatic nitrogens is 2. The van der Waals surface area contributed by atoms with E-state index >= 15 is 0 Å². The lowest BCUT2D eigenvalue weighted by Gasteiger charge is -2.13. The highest BCUT2D eigenvalue weighted by molar-refractivity contribution is 5.93. The maximum absolute atomic E-state index is 12.5. The minimum atomic E-state index is -0.348. The van der Waals surface area contributed by atoms with E-state index in [4.69, 9.17) is 18.7 Å². The van der Waals surface area contributed by atoms with Crippen LogP contribution in [0.15, 0.2) is 77.3 Å². The molecule has 1 amide bonds. The topological polar surface area (TPSA) is 95.7 Å². The van der Waals surface area contributed by atoms with Gasteiger partial charge >= 0.3 is 0 Å². The highest BCUT2D eigenvalue weighted by Gasteiger charge is 2.16. The summed E-state index contributed by atoms with van der Waals surface area (Å²) in [7, 11) is 3.08. The third-order valence-electron chi connectivity index (χ3n) is 4.62. The molecule has 8 nitrogen and oxygen atoms in total. The van der Waals surface area contributed by atoms with Gasteiger partial charge in [-0.25, -0.2) is 0 Å². The maximum Gasteiger partial charge on any atom is 0.262 e. The van der Waals surface area contributed by atoms with Crippen molar-refractivity contribution in [2.45, 2.75) is 0 Å². The van der Waals surface area contributed by atoms with Gasteiger partial charge in [-0.2, -0.15) is 4.98 Å². The van der Waals surface area contributed by atoms with Crippen molar-refractivity contribution in [3.05, 3.63) is 72.8 Å². The SMILES string of the molecule is COc1ccc(NC(=O)COc2ccccc2-c2nc(-c3ccccc3)no2)c(OC)c1.